The van der Waals surface area contributed by atoms with Crippen molar-refractivity contribution in [2.24, 2.45) is 28.9 Å². The van der Waals surface area contributed by atoms with E-state index in [1.165, 1.54) is 6.42 Å². The van der Waals surface area contributed by atoms with Gasteiger partial charge in [-0.2, -0.15) is 0 Å². The van der Waals surface area contributed by atoms with Crippen LogP contribution >= 0.6 is 0 Å². The van der Waals surface area contributed by atoms with Crippen molar-refractivity contribution < 1.29 is 4.79 Å². The molecule has 2 fully saturated rings. The quantitative estimate of drug-likeness (QED) is 0.835. The third-order valence-electron chi connectivity index (χ3n) is 5.23. The average Bonchev–Trinajstić information content (AvgIpc) is 2.38. The van der Waals surface area contributed by atoms with Gasteiger partial charge in [0.25, 0.3) is 0 Å². The van der Waals surface area contributed by atoms with Crippen LogP contribution in [0, 0.1) is 23.2 Å². The van der Waals surface area contributed by atoms with Crippen molar-refractivity contribution >= 4 is 5.91 Å². The third kappa shape index (κ3) is 3.13. The number of hydrogen-bond acceptors (Lipinski definition) is 2. The van der Waals surface area contributed by atoms with Gasteiger partial charge < -0.3 is 10.6 Å². The Hall–Kier alpha value is -0.570. The standard InChI is InChI=1S/C16H30N2O/c1-12-4-6-16(11-17,7-5-12)15(19)18-9-13(2)8-14(3)10-18/h12-14H,4-11,17H2,1-3H3. The smallest absolute Gasteiger partial charge is 0.230 e. The molecule has 0 radical (unpaired) electrons. The van der Waals surface area contributed by atoms with E-state index < -0.39 is 0 Å². The third-order valence-corrected chi connectivity index (χ3v) is 5.23. The zero-order chi connectivity index (χ0) is 14.0. The van der Waals surface area contributed by atoms with Crippen molar-refractivity contribution in [1.29, 1.82) is 0 Å². The van der Waals surface area contributed by atoms with Gasteiger partial charge in [0.2, 0.25) is 5.91 Å². The summed E-state index contributed by atoms with van der Waals surface area (Å²) in [6.45, 7) is 9.19. The molecule has 0 aromatic carbocycles. The van der Waals surface area contributed by atoms with Crippen LogP contribution in [0.1, 0.15) is 52.9 Å². The summed E-state index contributed by atoms with van der Waals surface area (Å²) in [5, 5.41) is 0. The number of hydrogen-bond donors (Lipinski definition) is 1. The van der Waals surface area contributed by atoms with Gasteiger partial charge in [-0.15, -0.1) is 0 Å². The van der Waals surface area contributed by atoms with Crippen molar-refractivity contribution in [3.05, 3.63) is 0 Å². The molecule has 2 rings (SSSR count). The number of nitrogens with zero attached hydrogens (tertiary/aromatic N) is 1. The molecule has 1 aliphatic heterocycles. The van der Waals surface area contributed by atoms with E-state index in [0.29, 0.717) is 24.3 Å². The van der Waals surface area contributed by atoms with Crippen LogP contribution in [0.4, 0.5) is 0 Å². The molecule has 1 saturated carbocycles. The summed E-state index contributed by atoms with van der Waals surface area (Å²) in [6, 6.07) is 0. The molecule has 0 aromatic rings. The highest BCUT2D eigenvalue weighted by molar-refractivity contribution is 5.83. The van der Waals surface area contributed by atoms with Crippen molar-refractivity contribution in [1.82, 2.24) is 4.90 Å². The summed E-state index contributed by atoms with van der Waals surface area (Å²) in [5.41, 5.74) is 5.77. The molecule has 19 heavy (non-hydrogen) atoms. The fourth-order valence-corrected chi connectivity index (χ4v) is 3.98. The van der Waals surface area contributed by atoms with Crippen LogP contribution in [-0.2, 0) is 4.79 Å². The Morgan fingerprint density at radius 1 is 1.11 bits per heavy atom. The largest absolute Gasteiger partial charge is 0.342 e. The molecule has 0 aromatic heterocycles. The highest BCUT2D eigenvalue weighted by Gasteiger charge is 2.43. The minimum Gasteiger partial charge on any atom is -0.342 e. The van der Waals surface area contributed by atoms with Crippen LogP contribution in [0.3, 0.4) is 0 Å². The molecular formula is C16H30N2O. The Labute approximate surface area is 117 Å². The summed E-state index contributed by atoms with van der Waals surface area (Å²) < 4.78 is 0. The maximum absolute atomic E-state index is 12.9. The van der Waals surface area contributed by atoms with E-state index in [4.69, 9.17) is 5.73 Å². The molecule has 0 bridgehead atoms. The first-order chi connectivity index (χ1) is 8.97. The fraction of sp³-hybridized carbons (Fsp3) is 0.938. The second-order valence-corrected chi connectivity index (χ2v) is 7.32. The Morgan fingerprint density at radius 3 is 2.11 bits per heavy atom. The minimum atomic E-state index is -0.247. The average molecular weight is 266 g/mol. The zero-order valence-corrected chi connectivity index (χ0v) is 12.8. The highest BCUT2D eigenvalue weighted by Crippen LogP contribution is 2.40. The summed E-state index contributed by atoms with van der Waals surface area (Å²) in [7, 11) is 0. The Morgan fingerprint density at radius 2 is 1.63 bits per heavy atom. The van der Waals surface area contributed by atoms with Crippen LogP contribution in [0.5, 0.6) is 0 Å². The maximum atomic E-state index is 12.9. The maximum Gasteiger partial charge on any atom is 0.230 e. The molecule has 2 unspecified atom stereocenters. The second-order valence-electron chi connectivity index (χ2n) is 7.32. The van der Waals surface area contributed by atoms with Crippen molar-refractivity contribution in [2.75, 3.05) is 19.6 Å². The van der Waals surface area contributed by atoms with E-state index >= 15 is 0 Å². The lowest BCUT2D eigenvalue weighted by atomic mass is 9.69. The van der Waals surface area contributed by atoms with Crippen LogP contribution in [-0.4, -0.2) is 30.4 Å². The predicted molar refractivity (Wildman–Crippen MR) is 78.6 cm³/mol. The van der Waals surface area contributed by atoms with Gasteiger partial charge in [-0.1, -0.05) is 20.8 Å². The summed E-state index contributed by atoms with van der Waals surface area (Å²) in [6.07, 6.45) is 5.53. The highest BCUT2D eigenvalue weighted by atomic mass is 16.2. The molecule has 3 nitrogen and oxygen atoms in total. The van der Waals surface area contributed by atoms with E-state index in [-0.39, 0.29) is 5.41 Å². The minimum absolute atomic E-state index is 0.247. The van der Waals surface area contributed by atoms with E-state index in [9.17, 15) is 4.79 Å². The van der Waals surface area contributed by atoms with Gasteiger partial charge in [-0.05, 0) is 49.9 Å². The second kappa shape index (κ2) is 5.82. The monoisotopic (exact) mass is 266 g/mol. The first kappa shape index (κ1) is 14.8. The molecule has 2 atom stereocenters. The Balaban J connectivity index is 2.08. The lowest BCUT2D eigenvalue weighted by Gasteiger charge is -2.44. The summed E-state index contributed by atoms with van der Waals surface area (Å²) >= 11 is 0. The van der Waals surface area contributed by atoms with Gasteiger partial charge in [0.05, 0.1) is 5.41 Å². The van der Waals surface area contributed by atoms with Crippen LogP contribution < -0.4 is 5.73 Å². The number of likely N-dealkylation sites (tertiary alicyclic amines) is 1. The summed E-state index contributed by atoms with van der Waals surface area (Å²) in [5.74, 6) is 2.36. The Kier molecular flexibility index (Phi) is 4.54. The van der Waals surface area contributed by atoms with Gasteiger partial charge in [-0.25, -0.2) is 0 Å². The number of carbonyl (C=O) groups excluding carboxylic acids is 1. The zero-order valence-electron chi connectivity index (χ0n) is 12.8. The number of amides is 1. The SMILES string of the molecule is CC1CCC(CN)(C(=O)N2CC(C)CC(C)C2)CC1. The molecule has 2 N–H and O–H groups in total. The normalized spacial score (nSPS) is 40.2. The first-order valence-electron chi connectivity index (χ1n) is 7.96. The molecule has 2 aliphatic rings. The predicted octanol–water partition coefficient (Wildman–Crippen LogP) is 2.65. The number of rotatable bonds is 2. The molecule has 1 saturated heterocycles. The molecule has 0 spiro atoms. The molecular weight excluding hydrogens is 236 g/mol. The van der Waals surface area contributed by atoms with Crippen molar-refractivity contribution in [3.8, 4) is 0 Å². The van der Waals surface area contributed by atoms with E-state index in [1.807, 2.05) is 0 Å². The molecule has 3 heteroatoms. The lowest BCUT2D eigenvalue weighted by Crippen LogP contribution is -2.53. The fourth-order valence-electron chi connectivity index (χ4n) is 3.98. The van der Waals surface area contributed by atoms with Gasteiger partial charge in [0.1, 0.15) is 0 Å². The van der Waals surface area contributed by atoms with E-state index in [0.717, 1.165) is 44.7 Å². The molecule has 1 amide bonds. The van der Waals surface area contributed by atoms with Gasteiger partial charge in [0.15, 0.2) is 0 Å². The van der Waals surface area contributed by atoms with E-state index in [2.05, 4.69) is 25.7 Å². The van der Waals surface area contributed by atoms with Gasteiger partial charge in [-0.3, -0.25) is 4.79 Å². The van der Waals surface area contributed by atoms with Crippen LogP contribution in [0.25, 0.3) is 0 Å². The van der Waals surface area contributed by atoms with Crippen LogP contribution in [0.15, 0.2) is 0 Å². The molecule has 1 heterocycles. The topological polar surface area (TPSA) is 46.3 Å². The van der Waals surface area contributed by atoms with E-state index in [1.54, 1.807) is 0 Å². The van der Waals surface area contributed by atoms with Gasteiger partial charge in [0, 0.05) is 19.6 Å². The molecule has 1 aliphatic carbocycles. The molecule has 110 valence electrons. The number of piperidine rings is 1. The van der Waals surface area contributed by atoms with Crippen molar-refractivity contribution in [2.45, 2.75) is 52.9 Å². The lowest BCUT2D eigenvalue weighted by molar-refractivity contribution is -0.147. The number of carbonyl (C=O) groups is 1. The summed E-state index contributed by atoms with van der Waals surface area (Å²) in [4.78, 5) is 15.1. The van der Waals surface area contributed by atoms with Crippen molar-refractivity contribution in [3.63, 3.8) is 0 Å². The van der Waals surface area contributed by atoms with Crippen LogP contribution in [0.2, 0.25) is 0 Å². The van der Waals surface area contributed by atoms with Gasteiger partial charge >= 0.3 is 0 Å². The Bertz CT molecular complexity index is 311. The first-order valence-corrected chi connectivity index (χ1v) is 7.96. The number of nitrogens with two attached hydrogens (primary N) is 1.